The van der Waals surface area contributed by atoms with Crippen molar-refractivity contribution < 1.29 is 17.9 Å². The van der Waals surface area contributed by atoms with E-state index in [0.717, 1.165) is 17.6 Å². The van der Waals surface area contributed by atoms with Gasteiger partial charge in [-0.05, 0) is 18.2 Å². The summed E-state index contributed by atoms with van der Waals surface area (Å²) in [5, 5.41) is 0.243. The van der Waals surface area contributed by atoms with E-state index >= 15 is 0 Å². The van der Waals surface area contributed by atoms with Gasteiger partial charge < -0.3 is 4.74 Å². The molecule has 0 aliphatic carbocycles. The van der Waals surface area contributed by atoms with E-state index in [4.69, 9.17) is 16.3 Å². The summed E-state index contributed by atoms with van der Waals surface area (Å²) in [5.74, 6) is 0.311. The molecule has 1 aromatic heterocycles. The molecular weight excluding hydrogens is 310 g/mol. The minimum atomic E-state index is -3.30. The van der Waals surface area contributed by atoms with Gasteiger partial charge in [-0.25, -0.2) is 8.42 Å². The highest BCUT2D eigenvalue weighted by Crippen LogP contribution is 2.31. The summed E-state index contributed by atoms with van der Waals surface area (Å²) in [7, 11) is -3.30. The largest absolute Gasteiger partial charge is 0.431 e. The molecule has 1 aromatic carbocycles. The van der Waals surface area contributed by atoms with Crippen molar-refractivity contribution in [2.24, 2.45) is 0 Å². The molecule has 0 N–H and O–H groups in total. The molecule has 0 saturated carbocycles. The number of aldehydes is 1. The van der Waals surface area contributed by atoms with E-state index in [-0.39, 0.29) is 20.1 Å². The van der Waals surface area contributed by atoms with Gasteiger partial charge in [0.2, 0.25) is 0 Å². The lowest BCUT2D eigenvalue weighted by atomic mass is 10.3. The molecule has 0 atom stereocenters. The lowest BCUT2D eigenvalue weighted by Gasteiger charge is -2.03. The molecule has 19 heavy (non-hydrogen) atoms. The Morgan fingerprint density at radius 1 is 1.42 bits per heavy atom. The van der Waals surface area contributed by atoms with Crippen LogP contribution in [0.5, 0.6) is 10.9 Å². The van der Waals surface area contributed by atoms with Crippen LogP contribution in [-0.4, -0.2) is 25.9 Å². The predicted octanol–water partition coefficient (Wildman–Crippen LogP) is 2.80. The molecule has 0 spiro atoms. The fourth-order valence-electron chi connectivity index (χ4n) is 1.28. The van der Waals surface area contributed by atoms with Gasteiger partial charge in [-0.15, -0.1) is 0 Å². The zero-order valence-corrected chi connectivity index (χ0v) is 12.1. The van der Waals surface area contributed by atoms with Crippen LogP contribution in [0.15, 0.2) is 29.2 Å². The molecule has 0 bridgehead atoms. The average molecular weight is 318 g/mol. The molecule has 0 radical (unpaired) electrons. The zero-order chi connectivity index (χ0) is 14.0. The maximum Gasteiger partial charge on any atom is 0.280 e. The van der Waals surface area contributed by atoms with Gasteiger partial charge in [-0.1, -0.05) is 29.0 Å². The minimum Gasteiger partial charge on any atom is -0.431 e. The van der Waals surface area contributed by atoms with Crippen LogP contribution in [0.3, 0.4) is 0 Å². The van der Waals surface area contributed by atoms with Crippen molar-refractivity contribution in [2.75, 3.05) is 6.26 Å². The van der Waals surface area contributed by atoms with E-state index < -0.39 is 9.84 Å². The monoisotopic (exact) mass is 317 g/mol. The molecule has 5 nitrogen and oxygen atoms in total. The summed E-state index contributed by atoms with van der Waals surface area (Å²) in [6.45, 7) is 0. The second-order valence-electron chi connectivity index (χ2n) is 3.60. The highest BCUT2D eigenvalue weighted by Gasteiger charge is 2.12. The van der Waals surface area contributed by atoms with Crippen LogP contribution in [-0.2, 0) is 9.84 Å². The van der Waals surface area contributed by atoms with E-state index in [1.807, 2.05) is 0 Å². The first kappa shape index (κ1) is 14.0. The highest BCUT2D eigenvalue weighted by molar-refractivity contribution is 7.90. The van der Waals surface area contributed by atoms with Crippen molar-refractivity contribution in [3.8, 4) is 10.9 Å². The first-order valence-corrected chi connectivity index (χ1v) is 8.08. The first-order valence-electron chi connectivity index (χ1n) is 4.99. The van der Waals surface area contributed by atoms with E-state index in [2.05, 4.69) is 4.98 Å². The molecule has 1 heterocycles. The first-order chi connectivity index (χ1) is 8.90. The zero-order valence-electron chi connectivity index (χ0n) is 9.66. The highest BCUT2D eigenvalue weighted by atomic mass is 35.5. The smallest absolute Gasteiger partial charge is 0.280 e. The Bertz CT molecular complexity index is 724. The van der Waals surface area contributed by atoms with Crippen LogP contribution in [0, 0.1) is 0 Å². The summed E-state index contributed by atoms with van der Waals surface area (Å²) in [4.78, 5) is 14.9. The SMILES string of the molecule is CS(=O)(=O)c1cccc(Oc2nc(Cl)c(C=O)s2)c1. The Labute approximate surface area is 118 Å². The molecule has 2 rings (SSSR count). The van der Waals surface area contributed by atoms with Crippen LogP contribution < -0.4 is 4.74 Å². The van der Waals surface area contributed by atoms with Crippen molar-refractivity contribution in [1.29, 1.82) is 0 Å². The number of hydrogen-bond acceptors (Lipinski definition) is 6. The van der Waals surface area contributed by atoms with Crippen LogP contribution in [0.4, 0.5) is 0 Å². The number of halogens is 1. The minimum absolute atomic E-state index is 0.0641. The number of benzene rings is 1. The number of carbonyl (C=O) groups is 1. The van der Waals surface area contributed by atoms with Crippen molar-refractivity contribution in [2.45, 2.75) is 4.90 Å². The second-order valence-corrected chi connectivity index (χ2v) is 6.97. The summed E-state index contributed by atoms with van der Waals surface area (Å²) >= 11 is 6.69. The van der Waals surface area contributed by atoms with E-state index in [1.54, 1.807) is 12.1 Å². The molecular formula is C11H8ClNO4S2. The topological polar surface area (TPSA) is 73.3 Å². The predicted molar refractivity (Wildman–Crippen MR) is 72.1 cm³/mol. The van der Waals surface area contributed by atoms with Gasteiger partial charge in [0.15, 0.2) is 21.3 Å². The van der Waals surface area contributed by atoms with Gasteiger partial charge in [0.1, 0.15) is 10.6 Å². The Kier molecular flexibility index (Phi) is 3.88. The van der Waals surface area contributed by atoms with Crippen molar-refractivity contribution >= 4 is 39.1 Å². The summed E-state index contributed by atoms with van der Waals surface area (Å²) in [6.07, 6.45) is 1.69. The third kappa shape index (κ3) is 3.31. The third-order valence-electron chi connectivity index (χ3n) is 2.14. The molecule has 100 valence electrons. The maximum atomic E-state index is 11.4. The molecule has 0 amide bonds. The molecule has 0 fully saturated rings. The maximum absolute atomic E-state index is 11.4. The van der Waals surface area contributed by atoms with E-state index in [0.29, 0.717) is 12.0 Å². The van der Waals surface area contributed by atoms with Crippen molar-refractivity contribution in [3.05, 3.63) is 34.3 Å². The number of ether oxygens (including phenoxy) is 1. The number of sulfone groups is 1. The molecule has 0 unspecified atom stereocenters. The van der Waals surface area contributed by atoms with Crippen LogP contribution in [0.1, 0.15) is 9.67 Å². The molecule has 0 aliphatic rings. The fraction of sp³-hybridized carbons (Fsp3) is 0.0909. The van der Waals surface area contributed by atoms with Gasteiger partial charge in [-0.2, -0.15) is 4.98 Å². The lowest BCUT2D eigenvalue weighted by Crippen LogP contribution is -1.96. The number of carbonyl (C=O) groups excluding carboxylic acids is 1. The Hall–Kier alpha value is -1.44. The lowest BCUT2D eigenvalue weighted by molar-refractivity contribution is 0.112. The van der Waals surface area contributed by atoms with Gasteiger partial charge in [0, 0.05) is 6.26 Å². The van der Waals surface area contributed by atoms with Gasteiger partial charge in [-0.3, -0.25) is 4.79 Å². The normalized spacial score (nSPS) is 11.3. The second kappa shape index (κ2) is 5.28. The number of rotatable bonds is 4. The molecule has 0 saturated heterocycles. The van der Waals surface area contributed by atoms with E-state index in [1.165, 1.54) is 12.1 Å². The Morgan fingerprint density at radius 2 is 2.16 bits per heavy atom. The van der Waals surface area contributed by atoms with Crippen molar-refractivity contribution in [1.82, 2.24) is 4.98 Å². The summed E-state index contributed by atoms with van der Waals surface area (Å²) < 4.78 is 28.2. The quantitative estimate of drug-likeness (QED) is 0.811. The summed E-state index contributed by atoms with van der Waals surface area (Å²) in [6, 6.07) is 5.99. The standard InChI is InChI=1S/C11H8ClNO4S2/c1-19(15,16)8-4-2-3-7(5-8)17-11-13-10(12)9(6-14)18-11/h2-6H,1H3. The van der Waals surface area contributed by atoms with Crippen LogP contribution in [0.2, 0.25) is 5.15 Å². The van der Waals surface area contributed by atoms with Crippen LogP contribution in [0.25, 0.3) is 0 Å². The van der Waals surface area contributed by atoms with Gasteiger partial charge in [0.05, 0.1) is 4.90 Å². The fourth-order valence-corrected chi connectivity index (χ4v) is 2.86. The number of thiazole rings is 1. The number of nitrogens with zero attached hydrogens (tertiary/aromatic N) is 1. The Morgan fingerprint density at radius 3 is 2.74 bits per heavy atom. The number of hydrogen-bond donors (Lipinski definition) is 0. The number of aromatic nitrogens is 1. The van der Waals surface area contributed by atoms with Gasteiger partial charge >= 0.3 is 0 Å². The molecule has 0 aliphatic heterocycles. The molecule has 2 aromatic rings. The van der Waals surface area contributed by atoms with Crippen LogP contribution >= 0.6 is 22.9 Å². The van der Waals surface area contributed by atoms with Gasteiger partial charge in [0.25, 0.3) is 5.19 Å². The van der Waals surface area contributed by atoms with Crippen molar-refractivity contribution in [3.63, 3.8) is 0 Å². The third-order valence-corrected chi connectivity index (χ3v) is 4.51. The summed E-state index contributed by atoms with van der Waals surface area (Å²) in [5.41, 5.74) is 0. The Balaban J connectivity index is 2.30. The molecule has 8 heteroatoms. The van der Waals surface area contributed by atoms with E-state index in [9.17, 15) is 13.2 Å². The average Bonchev–Trinajstić information content (AvgIpc) is 2.68.